The normalized spacial score (nSPS) is 12.2. The molecule has 6 heteroatoms. The molecule has 0 radical (unpaired) electrons. The lowest BCUT2D eigenvalue weighted by atomic mass is 10.1. The van der Waals surface area contributed by atoms with Gasteiger partial charge in [0.1, 0.15) is 12.4 Å². The molecule has 0 saturated carbocycles. The Morgan fingerprint density at radius 2 is 1.52 bits per heavy atom. The molecule has 0 spiro atoms. The quantitative estimate of drug-likeness (QED) is 0.440. The summed E-state index contributed by atoms with van der Waals surface area (Å²) in [5, 5.41) is 10.5. The van der Waals surface area contributed by atoms with E-state index >= 15 is 0 Å². The van der Waals surface area contributed by atoms with Gasteiger partial charge in [0.05, 0.1) is 17.6 Å². The van der Waals surface area contributed by atoms with Gasteiger partial charge in [-0.1, -0.05) is 36.4 Å². The number of aliphatic carboxylic acids is 1. The summed E-state index contributed by atoms with van der Waals surface area (Å²) in [6.45, 7) is 1.000. The number of aromatic nitrogens is 1. The van der Waals surface area contributed by atoms with Gasteiger partial charge < -0.3 is 19.1 Å². The molecule has 0 aliphatic rings. The molecule has 0 bridgehead atoms. The minimum absolute atomic E-state index is 0.0367. The number of pyridine rings is 1. The van der Waals surface area contributed by atoms with E-state index in [1.54, 1.807) is 0 Å². The maximum Gasteiger partial charge on any atom is 0.333 e. The van der Waals surface area contributed by atoms with Gasteiger partial charge in [-0.25, -0.2) is 4.79 Å². The van der Waals surface area contributed by atoms with Crippen molar-refractivity contribution in [2.75, 3.05) is 13.7 Å². The average molecular weight is 417 g/mol. The number of ether oxygens (including phenoxy) is 2. The topological polar surface area (TPSA) is 77.8 Å². The molecular weight excluding hydrogens is 394 g/mol. The van der Waals surface area contributed by atoms with E-state index in [1.807, 2.05) is 72.8 Å². The van der Waals surface area contributed by atoms with E-state index in [9.17, 15) is 9.59 Å². The van der Waals surface area contributed by atoms with Crippen LogP contribution in [0.4, 0.5) is 0 Å². The molecule has 0 fully saturated rings. The maximum atomic E-state index is 12.8. The molecule has 1 heterocycles. The molecule has 158 valence electrons. The highest BCUT2D eigenvalue weighted by Crippen LogP contribution is 2.20. The molecular formula is C25H23NO5. The molecule has 1 atom stereocenters. The lowest BCUT2D eigenvalue weighted by Crippen LogP contribution is -2.24. The smallest absolute Gasteiger partial charge is 0.333 e. The first kappa shape index (κ1) is 20.6. The van der Waals surface area contributed by atoms with E-state index in [0.29, 0.717) is 36.1 Å². The number of carboxylic acid groups (broad SMARTS) is 1. The van der Waals surface area contributed by atoms with Crippen molar-refractivity contribution < 1.29 is 19.4 Å². The van der Waals surface area contributed by atoms with Crippen molar-refractivity contribution in [3.63, 3.8) is 0 Å². The number of hydrogen-bond donors (Lipinski definition) is 1. The molecule has 0 saturated heterocycles. The van der Waals surface area contributed by atoms with Crippen molar-refractivity contribution in [1.82, 2.24) is 4.57 Å². The van der Waals surface area contributed by atoms with Crippen LogP contribution in [0.1, 0.15) is 5.56 Å². The summed E-state index contributed by atoms with van der Waals surface area (Å²) >= 11 is 0. The second kappa shape index (κ2) is 9.02. The van der Waals surface area contributed by atoms with Crippen LogP contribution in [-0.4, -0.2) is 35.5 Å². The lowest BCUT2D eigenvalue weighted by molar-refractivity contribution is -0.148. The van der Waals surface area contributed by atoms with Crippen molar-refractivity contribution in [2.24, 2.45) is 0 Å². The summed E-state index contributed by atoms with van der Waals surface area (Å²) in [6, 6.07) is 22.5. The van der Waals surface area contributed by atoms with Crippen LogP contribution >= 0.6 is 0 Å². The van der Waals surface area contributed by atoms with E-state index in [4.69, 9.17) is 14.6 Å². The number of carboxylic acids is 1. The largest absolute Gasteiger partial charge is 0.492 e. The van der Waals surface area contributed by atoms with Crippen molar-refractivity contribution in [1.29, 1.82) is 0 Å². The van der Waals surface area contributed by atoms with E-state index < -0.39 is 12.1 Å². The van der Waals surface area contributed by atoms with Crippen LogP contribution in [0.15, 0.2) is 77.6 Å². The number of hydrogen-bond acceptors (Lipinski definition) is 4. The first-order chi connectivity index (χ1) is 15.1. The van der Waals surface area contributed by atoms with Gasteiger partial charge in [0.2, 0.25) is 0 Å². The fourth-order valence-corrected chi connectivity index (χ4v) is 3.78. The summed E-state index contributed by atoms with van der Waals surface area (Å²) in [4.78, 5) is 23.9. The molecule has 1 unspecified atom stereocenters. The predicted molar refractivity (Wildman–Crippen MR) is 120 cm³/mol. The number of benzene rings is 3. The minimum Gasteiger partial charge on any atom is -0.492 e. The zero-order valence-corrected chi connectivity index (χ0v) is 17.2. The van der Waals surface area contributed by atoms with Crippen LogP contribution in [-0.2, 0) is 22.5 Å². The standard InChI is InChI=1S/C25H23NO5/c1-30-23(25(28)29)16-17-10-12-18(13-11-17)31-15-14-26-21-8-4-2-6-19(21)24(27)20-7-3-5-9-22(20)26/h2-13,23H,14-16H2,1H3,(H,28,29). The van der Waals surface area contributed by atoms with E-state index in [-0.39, 0.29) is 5.43 Å². The predicted octanol–water partition coefficient (Wildman–Crippen LogP) is 3.88. The summed E-state index contributed by atoms with van der Waals surface area (Å²) in [6.07, 6.45) is -0.574. The average Bonchev–Trinajstić information content (AvgIpc) is 2.80. The van der Waals surface area contributed by atoms with Crippen LogP contribution < -0.4 is 10.2 Å². The number of fused-ring (bicyclic) bond motifs is 2. The minimum atomic E-state index is -0.983. The van der Waals surface area contributed by atoms with Crippen LogP contribution in [0.2, 0.25) is 0 Å². The third-order valence-corrected chi connectivity index (χ3v) is 5.37. The van der Waals surface area contributed by atoms with Gasteiger partial charge >= 0.3 is 5.97 Å². The first-order valence-electron chi connectivity index (χ1n) is 10.1. The van der Waals surface area contributed by atoms with Gasteiger partial charge in [-0.15, -0.1) is 0 Å². The van der Waals surface area contributed by atoms with Gasteiger partial charge in [-0.3, -0.25) is 4.79 Å². The number of para-hydroxylation sites is 2. The monoisotopic (exact) mass is 417 g/mol. The Morgan fingerprint density at radius 3 is 2.06 bits per heavy atom. The van der Waals surface area contributed by atoms with E-state index in [1.165, 1.54) is 7.11 Å². The Bertz CT molecular complexity index is 1220. The van der Waals surface area contributed by atoms with Gasteiger partial charge in [0.15, 0.2) is 11.5 Å². The maximum absolute atomic E-state index is 12.8. The third-order valence-electron chi connectivity index (χ3n) is 5.37. The molecule has 4 rings (SSSR count). The fourth-order valence-electron chi connectivity index (χ4n) is 3.78. The molecule has 1 N–H and O–H groups in total. The Labute approximate surface area is 179 Å². The lowest BCUT2D eigenvalue weighted by Gasteiger charge is -2.16. The van der Waals surface area contributed by atoms with Crippen LogP contribution in [0.3, 0.4) is 0 Å². The summed E-state index contributed by atoms with van der Waals surface area (Å²) in [5.74, 6) is -0.286. The molecule has 6 nitrogen and oxygen atoms in total. The van der Waals surface area contributed by atoms with Crippen molar-refractivity contribution in [2.45, 2.75) is 19.1 Å². The second-order valence-electron chi connectivity index (χ2n) is 7.27. The number of nitrogens with zero attached hydrogens (tertiary/aromatic N) is 1. The Balaban J connectivity index is 1.52. The van der Waals surface area contributed by atoms with E-state index in [2.05, 4.69) is 4.57 Å². The molecule has 1 aromatic heterocycles. The van der Waals surface area contributed by atoms with Crippen LogP contribution in [0.5, 0.6) is 5.75 Å². The third kappa shape index (κ3) is 4.29. The SMILES string of the molecule is COC(Cc1ccc(OCCn2c3ccccc3c(=O)c3ccccc32)cc1)C(=O)O. The number of methoxy groups -OCH3 is 1. The summed E-state index contributed by atoms with van der Waals surface area (Å²) < 4.78 is 13.0. The highest BCUT2D eigenvalue weighted by atomic mass is 16.5. The molecule has 0 amide bonds. The Morgan fingerprint density at radius 1 is 0.935 bits per heavy atom. The number of carbonyl (C=O) groups is 1. The van der Waals surface area contributed by atoms with Crippen molar-refractivity contribution in [3.8, 4) is 5.75 Å². The van der Waals surface area contributed by atoms with Gasteiger partial charge in [0.25, 0.3) is 0 Å². The molecule has 4 aromatic rings. The van der Waals surface area contributed by atoms with Crippen molar-refractivity contribution in [3.05, 3.63) is 88.6 Å². The Kier molecular flexibility index (Phi) is 6.00. The Hall–Kier alpha value is -3.64. The summed E-state index contributed by atoms with van der Waals surface area (Å²) in [5.41, 5.74) is 2.66. The van der Waals surface area contributed by atoms with Gasteiger partial charge in [-0.2, -0.15) is 0 Å². The zero-order chi connectivity index (χ0) is 21.8. The zero-order valence-electron chi connectivity index (χ0n) is 17.2. The van der Waals surface area contributed by atoms with Crippen LogP contribution in [0.25, 0.3) is 21.8 Å². The first-order valence-corrected chi connectivity index (χ1v) is 10.1. The molecule has 0 aliphatic heterocycles. The van der Waals surface area contributed by atoms with Crippen molar-refractivity contribution >= 4 is 27.8 Å². The van der Waals surface area contributed by atoms with Gasteiger partial charge in [-0.05, 0) is 42.0 Å². The summed E-state index contributed by atoms with van der Waals surface area (Å²) in [7, 11) is 1.39. The van der Waals surface area contributed by atoms with E-state index in [0.717, 1.165) is 16.6 Å². The second-order valence-corrected chi connectivity index (χ2v) is 7.27. The number of rotatable bonds is 8. The fraction of sp³-hybridized carbons (Fsp3) is 0.200. The molecule has 3 aromatic carbocycles. The highest BCUT2D eigenvalue weighted by molar-refractivity contribution is 5.93. The molecule has 31 heavy (non-hydrogen) atoms. The highest BCUT2D eigenvalue weighted by Gasteiger charge is 2.16. The van der Waals surface area contributed by atoms with Gasteiger partial charge in [0, 0.05) is 24.3 Å². The van der Waals surface area contributed by atoms with Crippen LogP contribution in [0, 0.1) is 0 Å². The molecule has 0 aliphatic carbocycles.